The van der Waals surface area contributed by atoms with E-state index in [1.165, 1.54) is 0 Å². The molecule has 3 nitrogen and oxygen atoms in total. The molecule has 3 aromatic rings. The normalized spacial score (nSPS) is 10.5. The Morgan fingerprint density at radius 2 is 1.52 bits per heavy atom. The molecule has 0 spiro atoms. The molecular weight excluding hydrogens is 260 g/mol. The van der Waals surface area contributed by atoms with Gasteiger partial charge in [-0.1, -0.05) is 36.4 Å². The number of nitrogens with two attached hydrogens (primary N) is 1. The zero-order chi connectivity index (χ0) is 14.8. The number of aromatic nitrogens is 1. The van der Waals surface area contributed by atoms with Gasteiger partial charge in [0, 0.05) is 23.1 Å². The highest BCUT2D eigenvalue weighted by atomic mass is 16.1. The number of nitrogens with one attached hydrogen (secondary N) is 1. The molecule has 0 unspecified atom stereocenters. The number of carbonyl (C=O) groups excluding carboxylic acids is 1. The van der Waals surface area contributed by atoms with E-state index >= 15 is 0 Å². The number of rotatable bonds is 3. The number of nitrogen functional groups attached to an aromatic ring is 1. The van der Waals surface area contributed by atoms with Crippen LogP contribution in [0.5, 0.6) is 0 Å². The fourth-order valence-corrected chi connectivity index (χ4v) is 2.29. The molecule has 0 saturated heterocycles. The van der Waals surface area contributed by atoms with E-state index in [0.29, 0.717) is 0 Å². The van der Waals surface area contributed by atoms with Crippen LogP contribution in [0.1, 0.15) is 17.3 Å². The van der Waals surface area contributed by atoms with Crippen molar-refractivity contribution in [2.75, 3.05) is 5.73 Å². The largest absolute Gasteiger partial charge is 0.399 e. The summed E-state index contributed by atoms with van der Waals surface area (Å²) < 4.78 is 0. The van der Waals surface area contributed by atoms with E-state index in [9.17, 15) is 4.79 Å². The molecule has 0 radical (unpaired) electrons. The van der Waals surface area contributed by atoms with Gasteiger partial charge in [0.1, 0.15) is 0 Å². The Morgan fingerprint density at radius 3 is 2.14 bits per heavy atom. The summed E-state index contributed by atoms with van der Waals surface area (Å²) in [4.78, 5) is 14.6. The monoisotopic (exact) mass is 276 g/mol. The molecule has 3 heteroatoms. The van der Waals surface area contributed by atoms with Crippen LogP contribution in [0.15, 0.2) is 60.8 Å². The van der Waals surface area contributed by atoms with Crippen molar-refractivity contribution in [2.45, 2.75) is 6.92 Å². The molecule has 0 atom stereocenters. The summed E-state index contributed by atoms with van der Waals surface area (Å²) in [6.45, 7) is 1.57. The van der Waals surface area contributed by atoms with Crippen molar-refractivity contribution in [1.82, 2.24) is 4.98 Å². The number of ketones is 1. The average Bonchev–Trinajstić information content (AvgIpc) is 2.98. The molecule has 104 valence electrons. The van der Waals surface area contributed by atoms with Gasteiger partial charge < -0.3 is 10.7 Å². The Bertz CT molecular complexity index is 768. The number of hydrogen-bond acceptors (Lipinski definition) is 2. The standard InChI is InChI=1S/C18H16N2O/c1-12(21)13-2-4-15(5-3-13)18-10-16(11-20-18)14-6-8-17(19)9-7-14/h2-11,20H,19H2,1H3. The van der Waals surface area contributed by atoms with Gasteiger partial charge in [-0.2, -0.15) is 0 Å². The maximum atomic E-state index is 11.3. The molecule has 0 aliphatic heterocycles. The van der Waals surface area contributed by atoms with Gasteiger partial charge in [0.05, 0.1) is 0 Å². The van der Waals surface area contributed by atoms with Crippen molar-refractivity contribution < 1.29 is 4.79 Å². The van der Waals surface area contributed by atoms with Gasteiger partial charge in [-0.3, -0.25) is 4.79 Å². The molecule has 21 heavy (non-hydrogen) atoms. The topological polar surface area (TPSA) is 58.9 Å². The van der Waals surface area contributed by atoms with Crippen molar-refractivity contribution in [2.24, 2.45) is 0 Å². The van der Waals surface area contributed by atoms with Crippen LogP contribution in [0.4, 0.5) is 5.69 Å². The number of anilines is 1. The quantitative estimate of drug-likeness (QED) is 0.558. The van der Waals surface area contributed by atoms with E-state index in [1.807, 2.05) is 54.7 Å². The van der Waals surface area contributed by atoms with Crippen LogP contribution in [0, 0.1) is 0 Å². The highest BCUT2D eigenvalue weighted by Gasteiger charge is 2.05. The molecular formula is C18H16N2O. The van der Waals surface area contributed by atoms with Gasteiger partial charge in [-0.25, -0.2) is 0 Å². The summed E-state index contributed by atoms with van der Waals surface area (Å²) >= 11 is 0. The third kappa shape index (κ3) is 2.72. The zero-order valence-corrected chi connectivity index (χ0v) is 11.8. The van der Waals surface area contributed by atoms with E-state index in [1.54, 1.807) is 6.92 Å². The van der Waals surface area contributed by atoms with E-state index in [2.05, 4.69) is 11.1 Å². The van der Waals surface area contributed by atoms with E-state index in [4.69, 9.17) is 5.73 Å². The number of hydrogen-bond donors (Lipinski definition) is 2. The second-order valence-corrected chi connectivity index (χ2v) is 5.06. The van der Waals surface area contributed by atoms with Gasteiger partial charge in [0.2, 0.25) is 0 Å². The van der Waals surface area contributed by atoms with Crippen molar-refractivity contribution >= 4 is 11.5 Å². The number of H-pyrrole nitrogens is 1. The molecule has 0 aliphatic carbocycles. The molecule has 0 bridgehead atoms. The highest BCUT2D eigenvalue weighted by molar-refractivity contribution is 5.94. The van der Waals surface area contributed by atoms with Gasteiger partial charge >= 0.3 is 0 Å². The summed E-state index contributed by atoms with van der Waals surface area (Å²) in [5.41, 5.74) is 11.5. The van der Waals surface area contributed by atoms with Crippen LogP contribution >= 0.6 is 0 Å². The first-order valence-corrected chi connectivity index (χ1v) is 6.79. The summed E-state index contributed by atoms with van der Waals surface area (Å²) in [6.07, 6.45) is 1.97. The van der Waals surface area contributed by atoms with Gasteiger partial charge in [-0.15, -0.1) is 0 Å². The predicted octanol–water partition coefficient (Wildman–Crippen LogP) is 4.13. The lowest BCUT2D eigenvalue weighted by Gasteiger charge is -2.00. The maximum Gasteiger partial charge on any atom is 0.159 e. The van der Waals surface area contributed by atoms with Crippen LogP contribution in [-0.4, -0.2) is 10.8 Å². The average molecular weight is 276 g/mol. The molecule has 0 amide bonds. The van der Waals surface area contributed by atoms with Gasteiger partial charge in [0.15, 0.2) is 5.78 Å². The number of benzene rings is 2. The summed E-state index contributed by atoms with van der Waals surface area (Å²) in [5.74, 6) is 0.0793. The molecule has 1 heterocycles. The Balaban J connectivity index is 1.90. The Kier molecular flexibility index (Phi) is 3.32. The molecule has 1 aromatic heterocycles. The second-order valence-electron chi connectivity index (χ2n) is 5.06. The maximum absolute atomic E-state index is 11.3. The fraction of sp³-hybridized carbons (Fsp3) is 0.0556. The Hall–Kier alpha value is -2.81. The van der Waals surface area contributed by atoms with Crippen LogP contribution in [0.2, 0.25) is 0 Å². The lowest BCUT2D eigenvalue weighted by Crippen LogP contribution is -1.90. The molecule has 2 aromatic carbocycles. The van der Waals surface area contributed by atoms with Crippen molar-refractivity contribution in [3.8, 4) is 22.4 Å². The lowest BCUT2D eigenvalue weighted by molar-refractivity contribution is 0.101. The van der Waals surface area contributed by atoms with Gasteiger partial charge in [0.25, 0.3) is 0 Å². The summed E-state index contributed by atoms with van der Waals surface area (Å²) in [5, 5.41) is 0. The predicted molar refractivity (Wildman–Crippen MR) is 86.1 cm³/mol. The SMILES string of the molecule is CC(=O)c1ccc(-c2cc(-c3ccc(N)cc3)c[nH]2)cc1. The van der Waals surface area contributed by atoms with Crippen LogP contribution in [-0.2, 0) is 0 Å². The minimum atomic E-state index is 0.0793. The molecule has 3 rings (SSSR count). The second kappa shape index (κ2) is 5.29. The Morgan fingerprint density at radius 1 is 0.905 bits per heavy atom. The lowest BCUT2D eigenvalue weighted by atomic mass is 10.1. The number of Topliss-reactive ketones (excluding diaryl/α,β-unsaturated/α-hetero) is 1. The fourth-order valence-electron chi connectivity index (χ4n) is 2.29. The van der Waals surface area contributed by atoms with Crippen molar-refractivity contribution in [3.05, 3.63) is 66.4 Å². The van der Waals surface area contributed by atoms with Gasteiger partial charge in [-0.05, 0) is 41.8 Å². The molecule has 0 aliphatic rings. The third-order valence-electron chi connectivity index (χ3n) is 3.53. The number of carbonyl (C=O) groups is 1. The first kappa shape index (κ1) is 13.2. The zero-order valence-electron chi connectivity index (χ0n) is 11.8. The minimum Gasteiger partial charge on any atom is -0.399 e. The highest BCUT2D eigenvalue weighted by Crippen LogP contribution is 2.26. The third-order valence-corrected chi connectivity index (χ3v) is 3.53. The van der Waals surface area contributed by atoms with Crippen LogP contribution in [0.25, 0.3) is 22.4 Å². The Labute approximate surface area is 123 Å². The smallest absolute Gasteiger partial charge is 0.159 e. The van der Waals surface area contributed by atoms with E-state index in [0.717, 1.165) is 33.6 Å². The van der Waals surface area contributed by atoms with Crippen molar-refractivity contribution in [3.63, 3.8) is 0 Å². The van der Waals surface area contributed by atoms with Crippen LogP contribution < -0.4 is 5.73 Å². The molecule has 3 N–H and O–H groups in total. The first-order valence-electron chi connectivity index (χ1n) is 6.79. The van der Waals surface area contributed by atoms with Crippen LogP contribution in [0.3, 0.4) is 0 Å². The molecule has 0 fully saturated rings. The summed E-state index contributed by atoms with van der Waals surface area (Å²) in [6, 6.07) is 17.5. The number of aromatic amines is 1. The van der Waals surface area contributed by atoms with E-state index < -0.39 is 0 Å². The summed E-state index contributed by atoms with van der Waals surface area (Å²) in [7, 11) is 0. The van der Waals surface area contributed by atoms with E-state index in [-0.39, 0.29) is 5.78 Å². The minimum absolute atomic E-state index is 0.0793. The van der Waals surface area contributed by atoms with Crippen molar-refractivity contribution in [1.29, 1.82) is 0 Å². The first-order chi connectivity index (χ1) is 10.1. The molecule has 0 saturated carbocycles.